The van der Waals surface area contributed by atoms with Crippen LogP contribution in [0.25, 0.3) is 10.9 Å². The Morgan fingerprint density at radius 1 is 1.04 bits per heavy atom. The summed E-state index contributed by atoms with van der Waals surface area (Å²) in [6.45, 7) is 1.38. The first-order chi connectivity index (χ1) is 13.4. The van der Waals surface area contributed by atoms with Crippen LogP contribution in [0.1, 0.15) is 23.0 Å². The Labute approximate surface area is 162 Å². The van der Waals surface area contributed by atoms with Gasteiger partial charge >= 0.3 is 0 Å². The van der Waals surface area contributed by atoms with Crippen molar-refractivity contribution >= 4 is 34.3 Å². The predicted octanol–water partition coefficient (Wildman–Crippen LogP) is 2.02. The first kappa shape index (κ1) is 19.0. The van der Waals surface area contributed by atoms with Crippen LogP contribution in [0, 0.1) is 0 Å². The zero-order valence-electron chi connectivity index (χ0n) is 15.3. The van der Waals surface area contributed by atoms with Gasteiger partial charge in [0.15, 0.2) is 0 Å². The van der Waals surface area contributed by atoms with E-state index < -0.39 is 17.9 Å². The van der Waals surface area contributed by atoms with E-state index in [4.69, 9.17) is 5.73 Å². The minimum atomic E-state index is -0.911. The van der Waals surface area contributed by atoms with Crippen molar-refractivity contribution in [2.24, 2.45) is 5.73 Å². The number of anilines is 1. The van der Waals surface area contributed by atoms with Crippen LogP contribution in [-0.2, 0) is 16.0 Å². The number of pyridine rings is 1. The van der Waals surface area contributed by atoms with E-state index in [0.717, 1.165) is 10.9 Å². The number of nitrogens with zero attached hydrogens (tertiary/aromatic N) is 1. The van der Waals surface area contributed by atoms with Gasteiger partial charge in [-0.05, 0) is 30.3 Å². The minimum Gasteiger partial charge on any atom is -0.368 e. The largest absolute Gasteiger partial charge is 0.368 e. The molecule has 1 atom stereocenters. The van der Waals surface area contributed by atoms with E-state index >= 15 is 0 Å². The van der Waals surface area contributed by atoms with Gasteiger partial charge in [0.2, 0.25) is 11.8 Å². The van der Waals surface area contributed by atoms with Gasteiger partial charge < -0.3 is 16.4 Å². The molecular weight excluding hydrogens is 356 g/mol. The van der Waals surface area contributed by atoms with Crippen LogP contribution in [-0.4, -0.2) is 28.7 Å². The van der Waals surface area contributed by atoms with Gasteiger partial charge in [0, 0.05) is 35.7 Å². The number of fused-ring (bicyclic) bond motifs is 1. The van der Waals surface area contributed by atoms with Gasteiger partial charge in [0.1, 0.15) is 6.04 Å². The van der Waals surface area contributed by atoms with Crippen molar-refractivity contribution in [3.8, 4) is 0 Å². The lowest BCUT2D eigenvalue weighted by Crippen LogP contribution is -2.46. The molecule has 7 nitrogen and oxygen atoms in total. The molecule has 0 radical (unpaired) electrons. The second-order valence-corrected chi connectivity index (χ2v) is 6.39. The normalized spacial score (nSPS) is 11.6. The van der Waals surface area contributed by atoms with Crippen LogP contribution in [0.3, 0.4) is 0 Å². The maximum atomic E-state index is 12.5. The summed E-state index contributed by atoms with van der Waals surface area (Å²) >= 11 is 0. The number of hydrogen-bond acceptors (Lipinski definition) is 4. The summed E-state index contributed by atoms with van der Waals surface area (Å²) in [5.74, 6) is -1.35. The lowest BCUT2D eigenvalue weighted by molar-refractivity contribution is -0.119. The van der Waals surface area contributed by atoms with Crippen LogP contribution in [0.5, 0.6) is 0 Å². The Bertz CT molecular complexity index is 1050. The fourth-order valence-corrected chi connectivity index (χ4v) is 2.84. The van der Waals surface area contributed by atoms with Gasteiger partial charge in [0.25, 0.3) is 5.91 Å². The fraction of sp³-hybridized carbons (Fsp3) is 0.143. The van der Waals surface area contributed by atoms with Crippen LogP contribution in [0.4, 0.5) is 5.69 Å². The van der Waals surface area contributed by atoms with E-state index in [1.165, 1.54) is 13.0 Å². The second kappa shape index (κ2) is 8.30. The molecule has 3 amide bonds. The van der Waals surface area contributed by atoms with E-state index in [9.17, 15) is 14.4 Å². The maximum Gasteiger partial charge on any atom is 0.252 e. The first-order valence-corrected chi connectivity index (χ1v) is 8.75. The molecule has 1 heterocycles. The molecule has 0 spiro atoms. The zero-order valence-corrected chi connectivity index (χ0v) is 15.3. The summed E-state index contributed by atoms with van der Waals surface area (Å²) in [6, 6.07) is 16.9. The molecule has 0 aliphatic carbocycles. The lowest BCUT2D eigenvalue weighted by Gasteiger charge is -2.16. The van der Waals surface area contributed by atoms with Crippen molar-refractivity contribution in [2.45, 2.75) is 19.4 Å². The number of hydrogen-bond donors (Lipinski definition) is 3. The number of amides is 3. The number of nitrogens with two attached hydrogens (primary N) is 1. The van der Waals surface area contributed by atoms with Gasteiger partial charge in [-0.3, -0.25) is 19.4 Å². The molecule has 3 rings (SSSR count). The number of carbonyl (C=O) groups is 3. The summed E-state index contributed by atoms with van der Waals surface area (Å²) < 4.78 is 0. The fourth-order valence-electron chi connectivity index (χ4n) is 2.84. The van der Waals surface area contributed by atoms with E-state index in [2.05, 4.69) is 15.6 Å². The molecule has 0 unspecified atom stereocenters. The highest BCUT2D eigenvalue weighted by atomic mass is 16.2. The highest BCUT2D eigenvalue weighted by Crippen LogP contribution is 2.14. The van der Waals surface area contributed by atoms with Gasteiger partial charge in [0.05, 0.1) is 5.52 Å². The first-order valence-electron chi connectivity index (χ1n) is 8.75. The highest BCUT2D eigenvalue weighted by Gasteiger charge is 2.20. The van der Waals surface area contributed by atoms with Gasteiger partial charge in [-0.2, -0.15) is 0 Å². The summed E-state index contributed by atoms with van der Waals surface area (Å²) in [6.07, 6.45) is 0.178. The number of rotatable bonds is 6. The molecule has 0 fully saturated rings. The summed E-state index contributed by atoms with van der Waals surface area (Å²) in [5, 5.41) is 6.24. The second-order valence-electron chi connectivity index (χ2n) is 6.39. The van der Waals surface area contributed by atoms with Crippen LogP contribution in [0.15, 0.2) is 60.7 Å². The molecule has 0 bridgehead atoms. The van der Waals surface area contributed by atoms with Gasteiger partial charge in [-0.15, -0.1) is 0 Å². The monoisotopic (exact) mass is 376 g/mol. The molecule has 0 saturated carbocycles. The summed E-state index contributed by atoms with van der Waals surface area (Å²) in [4.78, 5) is 40.1. The standard InChI is InChI=1S/C21H20N4O3/c1-13(26)23-16-7-4-6-15(11-16)21(28)25-19(20(22)27)12-17-10-9-14-5-2-3-8-18(14)24-17/h2-11,19H,12H2,1H3,(H2,22,27)(H,23,26)(H,25,28)/t19-/m1/s1. The molecule has 0 aliphatic heterocycles. The van der Waals surface area contributed by atoms with Crippen LogP contribution in [0.2, 0.25) is 0 Å². The molecule has 4 N–H and O–H groups in total. The van der Waals surface area contributed by atoms with Gasteiger partial charge in [-0.25, -0.2) is 0 Å². The molecule has 142 valence electrons. The molecule has 28 heavy (non-hydrogen) atoms. The van der Waals surface area contributed by atoms with Crippen LogP contribution < -0.4 is 16.4 Å². The number of nitrogens with one attached hydrogen (secondary N) is 2. The Balaban J connectivity index is 1.76. The van der Waals surface area contributed by atoms with E-state index in [1.807, 2.05) is 36.4 Å². The number of aromatic nitrogens is 1. The molecular formula is C21H20N4O3. The number of carbonyl (C=O) groups excluding carboxylic acids is 3. The van der Waals surface area contributed by atoms with Crippen molar-refractivity contribution < 1.29 is 14.4 Å². The molecule has 2 aromatic carbocycles. The highest BCUT2D eigenvalue weighted by molar-refractivity contribution is 5.99. The topological polar surface area (TPSA) is 114 Å². The molecule has 3 aromatic rings. The minimum absolute atomic E-state index is 0.178. The zero-order chi connectivity index (χ0) is 20.1. The maximum absolute atomic E-state index is 12.5. The molecule has 0 aliphatic rings. The van der Waals surface area contributed by atoms with Crippen molar-refractivity contribution in [3.63, 3.8) is 0 Å². The SMILES string of the molecule is CC(=O)Nc1cccc(C(=O)N[C@H](Cc2ccc3ccccc3n2)C(N)=O)c1. The molecule has 1 aromatic heterocycles. The average Bonchev–Trinajstić information content (AvgIpc) is 2.67. The van der Waals surface area contributed by atoms with E-state index in [-0.39, 0.29) is 12.3 Å². The Morgan fingerprint density at radius 2 is 1.82 bits per heavy atom. The number of para-hydroxylation sites is 1. The van der Waals surface area contributed by atoms with Crippen molar-refractivity contribution in [1.82, 2.24) is 10.3 Å². The lowest BCUT2D eigenvalue weighted by atomic mass is 10.1. The van der Waals surface area contributed by atoms with E-state index in [0.29, 0.717) is 16.9 Å². The van der Waals surface area contributed by atoms with Crippen LogP contribution >= 0.6 is 0 Å². The Morgan fingerprint density at radius 3 is 2.57 bits per heavy atom. The van der Waals surface area contributed by atoms with Crippen molar-refractivity contribution in [2.75, 3.05) is 5.32 Å². The third-order valence-corrected chi connectivity index (χ3v) is 4.16. The predicted molar refractivity (Wildman–Crippen MR) is 107 cm³/mol. The third kappa shape index (κ3) is 4.70. The molecule has 7 heteroatoms. The molecule has 0 saturated heterocycles. The van der Waals surface area contributed by atoms with Crippen molar-refractivity contribution in [1.29, 1.82) is 0 Å². The van der Waals surface area contributed by atoms with Crippen molar-refractivity contribution in [3.05, 3.63) is 71.9 Å². The third-order valence-electron chi connectivity index (χ3n) is 4.16. The Kier molecular flexibility index (Phi) is 5.64. The number of primary amides is 1. The average molecular weight is 376 g/mol. The quantitative estimate of drug-likeness (QED) is 0.610. The summed E-state index contributed by atoms with van der Waals surface area (Å²) in [5.41, 5.74) is 7.73. The van der Waals surface area contributed by atoms with Gasteiger partial charge in [-0.1, -0.05) is 30.3 Å². The Hall–Kier alpha value is -3.74. The smallest absolute Gasteiger partial charge is 0.252 e. The number of benzene rings is 2. The summed E-state index contributed by atoms with van der Waals surface area (Å²) in [7, 11) is 0. The van der Waals surface area contributed by atoms with E-state index in [1.54, 1.807) is 18.2 Å².